The number of fused-ring (bicyclic) bond motifs is 1. The lowest BCUT2D eigenvalue weighted by molar-refractivity contribution is 0.318. The summed E-state index contributed by atoms with van der Waals surface area (Å²) in [4.78, 5) is 0.780. The molecular weight excluding hydrogens is 332 g/mol. The summed E-state index contributed by atoms with van der Waals surface area (Å²) in [6.45, 7) is 4.14. The SMILES string of the molecule is CCCCC1(CC)Cc2ccc(S(=O)N(C)C)cc2S(=O)(=O)N1. The van der Waals surface area contributed by atoms with E-state index in [0.717, 1.165) is 31.2 Å². The monoisotopic (exact) mass is 358 g/mol. The number of nitrogens with zero attached hydrogens (tertiary/aromatic N) is 1. The fourth-order valence-corrected chi connectivity index (χ4v) is 5.69. The summed E-state index contributed by atoms with van der Waals surface area (Å²) in [7, 11) is -1.52. The number of hydrogen-bond donors (Lipinski definition) is 1. The molecule has 0 saturated carbocycles. The first-order valence-electron chi connectivity index (χ1n) is 8.01. The molecule has 0 fully saturated rings. The van der Waals surface area contributed by atoms with Crippen molar-refractivity contribution in [3.63, 3.8) is 0 Å². The van der Waals surface area contributed by atoms with E-state index in [0.29, 0.717) is 11.3 Å². The third kappa shape index (κ3) is 3.84. The molecule has 1 heterocycles. The van der Waals surface area contributed by atoms with Gasteiger partial charge in [0.15, 0.2) is 0 Å². The molecule has 0 aliphatic carbocycles. The fraction of sp³-hybridized carbons (Fsp3) is 0.625. The summed E-state index contributed by atoms with van der Waals surface area (Å²) in [6, 6.07) is 5.14. The van der Waals surface area contributed by atoms with Crippen LogP contribution in [0, 0.1) is 0 Å². The van der Waals surface area contributed by atoms with Crippen molar-refractivity contribution >= 4 is 21.0 Å². The first-order valence-corrected chi connectivity index (χ1v) is 10.6. The lowest BCUT2D eigenvalue weighted by Crippen LogP contribution is -2.52. The molecule has 0 saturated heterocycles. The van der Waals surface area contributed by atoms with Crippen LogP contribution in [-0.4, -0.2) is 36.6 Å². The summed E-state index contributed by atoms with van der Waals surface area (Å²) in [6.07, 6.45) is 4.32. The van der Waals surface area contributed by atoms with Crippen LogP contribution in [0.3, 0.4) is 0 Å². The average Bonchev–Trinajstić information content (AvgIpc) is 2.51. The molecule has 0 radical (unpaired) electrons. The molecule has 2 rings (SSSR count). The van der Waals surface area contributed by atoms with Crippen LogP contribution in [0.1, 0.15) is 45.1 Å². The highest BCUT2D eigenvalue weighted by Gasteiger charge is 2.39. The molecule has 1 aliphatic heterocycles. The molecule has 1 N–H and O–H groups in total. The van der Waals surface area contributed by atoms with E-state index in [1.54, 1.807) is 30.5 Å². The molecule has 1 aliphatic rings. The quantitative estimate of drug-likeness (QED) is 0.849. The molecule has 23 heavy (non-hydrogen) atoms. The highest BCUT2D eigenvalue weighted by Crippen LogP contribution is 2.34. The van der Waals surface area contributed by atoms with Crippen molar-refractivity contribution in [1.29, 1.82) is 0 Å². The van der Waals surface area contributed by atoms with Crippen LogP contribution in [0.2, 0.25) is 0 Å². The van der Waals surface area contributed by atoms with Crippen LogP contribution < -0.4 is 4.72 Å². The number of rotatable bonds is 6. The maximum Gasteiger partial charge on any atom is 0.241 e. The normalized spacial score (nSPS) is 24.4. The zero-order valence-electron chi connectivity index (χ0n) is 14.3. The van der Waals surface area contributed by atoms with Crippen LogP contribution in [0.25, 0.3) is 0 Å². The molecule has 2 atom stereocenters. The zero-order chi connectivity index (χ0) is 17.3. The Bertz CT molecular complexity index is 701. The van der Waals surface area contributed by atoms with Crippen molar-refractivity contribution < 1.29 is 12.6 Å². The van der Waals surface area contributed by atoms with Crippen molar-refractivity contribution in [2.75, 3.05) is 14.1 Å². The maximum absolute atomic E-state index is 12.7. The Labute approximate surface area is 142 Å². The summed E-state index contributed by atoms with van der Waals surface area (Å²) >= 11 is 0. The predicted molar refractivity (Wildman–Crippen MR) is 93.1 cm³/mol. The van der Waals surface area contributed by atoms with Gasteiger partial charge in [-0.3, -0.25) is 0 Å². The minimum absolute atomic E-state index is 0.269. The highest BCUT2D eigenvalue weighted by atomic mass is 32.2. The van der Waals surface area contributed by atoms with Crippen molar-refractivity contribution in [1.82, 2.24) is 9.03 Å². The van der Waals surface area contributed by atoms with Gasteiger partial charge < -0.3 is 0 Å². The van der Waals surface area contributed by atoms with Gasteiger partial charge in [-0.2, -0.15) is 0 Å². The predicted octanol–water partition coefficient (Wildman–Crippen LogP) is 2.44. The Hall–Kier alpha value is -0.760. The number of hydrogen-bond acceptors (Lipinski definition) is 3. The Morgan fingerprint density at radius 2 is 2.00 bits per heavy atom. The third-order valence-electron chi connectivity index (χ3n) is 4.43. The number of sulfonamides is 1. The lowest BCUT2D eigenvalue weighted by Gasteiger charge is -2.38. The maximum atomic E-state index is 12.7. The first kappa shape index (κ1) is 18.6. The minimum Gasteiger partial charge on any atom is -0.237 e. The van der Waals surface area contributed by atoms with Gasteiger partial charge in [0, 0.05) is 5.54 Å². The highest BCUT2D eigenvalue weighted by molar-refractivity contribution is 7.89. The molecule has 1 aromatic rings. The standard InChI is InChI=1S/C16H26N2O3S2/c1-5-7-10-16(6-2)12-13-8-9-14(22(19)18(3)4)11-15(13)23(20,21)17-16/h8-9,11,17H,5-7,10,12H2,1-4H3. The lowest BCUT2D eigenvalue weighted by atomic mass is 9.84. The van der Waals surface area contributed by atoms with E-state index in [1.165, 1.54) is 0 Å². The van der Waals surface area contributed by atoms with E-state index in [9.17, 15) is 12.6 Å². The van der Waals surface area contributed by atoms with Crippen LogP contribution >= 0.6 is 0 Å². The smallest absolute Gasteiger partial charge is 0.237 e. The summed E-state index contributed by atoms with van der Waals surface area (Å²) < 4.78 is 42.1. The summed E-state index contributed by atoms with van der Waals surface area (Å²) in [5.41, 5.74) is 0.422. The Morgan fingerprint density at radius 3 is 2.57 bits per heavy atom. The van der Waals surface area contributed by atoms with Gasteiger partial charge in [0.05, 0.1) is 9.79 Å². The Kier molecular flexibility index (Phi) is 5.66. The number of nitrogens with one attached hydrogen (secondary N) is 1. The van der Waals surface area contributed by atoms with E-state index in [2.05, 4.69) is 11.6 Å². The van der Waals surface area contributed by atoms with Gasteiger partial charge in [0.2, 0.25) is 10.0 Å². The number of benzene rings is 1. The van der Waals surface area contributed by atoms with E-state index in [-0.39, 0.29) is 4.90 Å². The fourth-order valence-electron chi connectivity index (χ4n) is 3.02. The summed E-state index contributed by atoms with van der Waals surface area (Å²) in [5.74, 6) is 0. The van der Waals surface area contributed by atoms with Gasteiger partial charge in [-0.1, -0.05) is 32.8 Å². The molecular formula is C16H26N2O3S2. The molecule has 1 aromatic carbocycles. The molecule has 130 valence electrons. The molecule has 0 bridgehead atoms. The van der Waals surface area contributed by atoms with Gasteiger partial charge in [0.25, 0.3) is 0 Å². The second-order valence-corrected chi connectivity index (χ2v) is 9.70. The van der Waals surface area contributed by atoms with E-state index in [4.69, 9.17) is 0 Å². The molecule has 0 amide bonds. The Balaban J connectivity index is 2.45. The van der Waals surface area contributed by atoms with Crippen LogP contribution in [0.5, 0.6) is 0 Å². The van der Waals surface area contributed by atoms with Crippen LogP contribution in [-0.2, 0) is 27.4 Å². The third-order valence-corrected chi connectivity index (χ3v) is 7.41. The van der Waals surface area contributed by atoms with Gasteiger partial charge in [-0.25, -0.2) is 21.7 Å². The molecule has 7 heteroatoms. The van der Waals surface area contributed by atoms with Crippen molar-refractivity contribution in [2.45, 2.75) is 61.3 Å². The molecule has 0 spiro atoms. The largest absolute Gasteiger partial charge is 0.241 e. The van der Waals surface area contributed by atoms with Gasteiger partial charge >= 0.3 is 0 Å². The Morgan fingerprint density at radius 1 is 1.30 bits per heavy atom. The van der Waals surface area contributed by atoms with Gasteiger partial charge in [-0.05, 0) is 51.1 Å². The second-order valence-electron chi connectivity index (χ2n) is 6.35. The van der Waals surface area contributed by atoms with E-state index < -0.39 is 26.5 Å². The minimum atomic E-state index is -3.58. The second kappa shape index (κ2) is 7.01. The van der Waals surface area contributed by atoms with E-state index in [1.807, 2.05) is 13.0 Å². The zero-order valence-corrected chi connectivity index (χ0v) is 15.9. The van der Waals surface area contributed by atoms with Crippen LogP contribution in [0.15, 0.2) is 28.0 Å². The van der Waals surface area contributed by atoms with Gasteiger partial charge in [0.1, 0.15) is 11.0 Å². The molecule has 2 unspecified atom stereocenters. The average molecular weight is 359 g/mol. The summed E-state index contributed by atoms with van der Waals surface area (Å²) in [5, 5.41) is 0. The molecule has 5 nitrogen and oxygen atoms in total. The van der Waals surface area contributed by atoms with E-state index >= 15 is 0 Å². The van der Waals surface area contributed by atoms with Crippen molar-refractivity contribution in [3.05, 3.63) is 23.8 Å². The topological polar surface area (TPSA) is 66.5 Å². The van der Waals surface area contributed by atoms with Crippen molar-refractivity contribution in [3.8, 4) is 0 Å². The van der Waals surface area contributed by atoms with Gasteiger partial charge in [-0.15, -0.1) is 0 Å². The van der Waals surface area contributed by atoms with Crippen LogP contribution in [0.4, 0.5) is 0 Å². The molecule has 0 aromatic heterocycles. The first-order chi connectivity index (χ1) is 10.7. The van der Waals surface area contributed by atoms with Crippen molar-refractivity contribution in [2.24, 2.45) is 0 Å². The number of unbranched alkanes of at least 4 members (excludes halogenated alkanes) is 1.